The van der Waals surface area contributed by atoms with Gasteiger partial charge in [0.25, 0.3) is 0 Å². The molecule has 1 rings (SSSR count). The molecular weight excluding hydrogens is 224 g/mol. The molecule has 1 atom stereocenters. The minimum atomic E-state index is 0.0662. The van der Waals surface area contributed by atoms with Crippen molar-refractivity contribution >= 4 is 5.91 Å². The first-order chi connectivity index (χ1) is 8.28. The first-order valence-electron chi connectivity index (χ1n) is 7.31. The standard InChI is InChI=1S/C15H30N2O/c1-11-5-7-12(8-6-11)14(18)17-10-13(16)9-15(2,3)4/h11-13H,5-10,16H2,1-4H3,(H,17,18). The second-order valence-corrected chi connectivity index (χ2v) is 7.23. The molecule has 0 spiro atoms. The minimum Gasteiger partial charge on any atom is -0.354 e. The highest BCUT2D eigenvalue weighted by Gasteiger charge is 2.24. The summed E-state index contributed by atoms with van der Waals surface area (Å²) in [4.78, 5) is 12.0. The van der Waals surface area contributed by atoms with Crippen LogP contribution in [0, 0.1) is 17.3 Å². The lowest BCUT2D eigenvalue weighted by Gasteiger charge is -2.27. The van der Waals surface area contributed by atoms with Gasteiger partial charge in [0.2, 0.25) is 5.91 Å². The van der Waals surface area contributed by atoms with Gasteiger partial charge in [-0.05, 0) is 43.4 Å². The predicted molar refractivity (Wildman–Crippen MR) is 76.2 cm³/mol. The maximum absolute atomic E-state index is 12.0. The maximum atomic E-state index is 12.0. The van der Waals surface area contributed by atoms with Gasteiger partial charge in [-0.3, -0.25) is 4.79 Å². The quantitative estimate of drug-likeness (QED) is 0.810. The fraction of sp³-hybridized carbons (Fsp3) is 0.933. The number of carbonyl (C=O) groups excluding carboxylic acids is 1. The van der Waals surface area contributed by atoms with Crippen molar-refractivity contribution < 1.29 is 4.79 Å². The lowest BCUT2D eigenvalue weighted by Crippen LogP contribution is -2.42. The molecule has 0 aromatic heterocycles. The van der Waals surface area contributed by atoms with E-state index in [0.717, 1.165) is 25.2 Å². The van der Waals surface area contributed by atoms with Gasteiger partial charge in [-0.15, -0.1) is 0 Å². The second kappa shape index (κ2) is 6.55. The van der Waals surface area contributed by atoms with E-state index in [1.165, 1.54) is 12.8 Å². The Kier molecular flexibility index (Phi) is 5.64. The molecule has 106 valence electrons. The third kappa shape index (κ3) is 5.85. The molecule has 1 unspecified atom stereocenters. The molecule has 0 bridgehead atoms. The minimum absolute atomic E-state index is 0.0662. The van der Waals surface area contributed by atoms with Gasteiger partial charge >= 0.3 is 0 Å². The number of hydrogen-bond donors (Lipinski definition) is 2. The molecule has 1 fully saturated rings. The van der Waals surface area contributed by atoms with Crippen LogP contribution < -0.4 is 11.1 Å². The molecule has 1 saturated carbocycles. The molecule has 3 nitrogen and oxygen atoms in total. The van der Waals surface area contributed by atoms with Crippen LogP contribution in [0.4, 0.5) is 0 Å². The predicted octanol–water partition coefficient (Wildman–Crippen LogP) is 2.69. The van der Waals surface area contributed by atoms with Crippen LogP contribution in [0.25, 0.3) is 0 Å². The molecule has 3 heteroatoms. The number of nitrogens with one attached hydrogen (secondary N) is 1. The molecule has 3 N–H and O–H groups in total. The summed E-state index contributed by atoms with van der Waals surface area (Å²) < 4.78 is 0. The molecule has 1 amide bonds. The smallest absolute Gasteiger partial charge is 0.223 e. The molecule has 18 heavy (non-hydrogen) atoms. The summed E-state index contributed by atoms with van der Waals surface area (Å²) in [6.45, 7) is 9.42. The van der Waals surface area contributed by atoms with Gasteiger partial charge in [-0.25, -0.2) is 0 Å². The largest absolute Gasteiger partial charge is 0.354 e. The number of amides is 1. The van der Waals surface area contributed by atoms with Crippen molar-refractivity contribution in [2.75, 3.05) is 6.54 Å². The average Bonchev–Trinajstić information content (AvgIpc) is 2.24. The SMILES string of the molecule is CC1CCC(C(=O)NCC(N)CC(C)(C)C)CC1. The van der Waals surface area contributed by atoms with Crippen molar-refractivity contribution in [3.63, 3.8) is 0 Å². The van der Waals surface area contributed by atoms with Gasteiger partial charge in [0.05, 0.1) is 0 Å². The summed E-state index contributed by atoms with van der Waals surface area (Å²) in [5.74, 6) is 1.23. The Labute approximate surface area is 112 Å². The van der Waals surface area contributed by atoms with Crippen LogP contribution in [0.2, 0.25) is 0 Å². The van der Waals surface area contributed by atoms with E-state index in [9.17, 15) is 4.79 Å². The molecule has 0 aromatic carbocycles. The van der Waals surface area contributed by atoms with Crippen LogP contribution in [0.5, 0.6) is 0 Å². The Morgan fingerprint density at radius 1 is 1.28 bits per heavy atom. The van der Waals surface area contributed by atoms with E-state index in [1.807, 2.05) is 0 Å². The summed E-state index contributed by atoms with van der Waals surface area (Å²) in [6.07, 6.45) is 5.40. The summed E-state index contributed by atoms with van der Waals surface area (Å²) in [5, 5.41) is 3.03. The van der Waals surface area contributed by atoms with E-state index in [0.29, 0.717) is 6.54 Å². The van der Waals surface area contributed by atoms with Crippen molar-refractivity contribution in [3.05, 3.63) is 0 Å². The summed E-state index contributed by atoms with van der Waals surface area (Å²) in [5.41, 5.74) is 6.27. The van der Waals surface area contributed by atoms with Crippen LogP contribution in [-0.2, 0) is 4.79 Å². The first-order valence-corrected chi connectivity index (χ1v) is 7.31. The van der Waals surface area contributed by atoms with Crippen LogP contribution in [-0.4, -0.2) is 18.5 Å². The molecule has 0 aliphatic heterocycles. The van der Waals surface area contributed by atoms with Gasteiger partial charge in [-0.2, -0.15) is 0 Å². The summed E-state index contributed by atoms with van der Waals surface area (Å²) in [7, 11) is 0. The molecule has 0 heterocycles. The van der Waals surface area contributed by atoms with E-state index in [2.05, 4.69) is 33.0 Å². The highest BCUT2D eigenvalue weighted by molar-refractivity contribution is 5.78. The zero-order valence-electron chi connectivity index (χ0n) is 12.5. The Bertz CT molecular complexity index is 262. The van der Waals surface area contributed by atoms with Gasteiger partial charge in [0.15, 0.2) is 0 Å². The fourth-order valence-corrected chi connectivity index (χ4v) is 2.76. The van der Waals surface area contributed by atoms with E-state index in [1.54, 1.807) is 0 Å². The average molecular weight is 254 g/mol. The zero-order chi connectivity index (χ0) is 13.8. The number of carbonyl (C=O) groups is 1. The van der Waals surface area contributed by atoms with E-state index >= 15 is 0 Å². The molecule has 0 saturated heterocycles. The maximum Gasteiger partial charge on any atom is 0.223 e. The number of hydrogen-bond acceptors (Lipinski definition) is 2. The monoisotopic (exact) mass is 254 g/mol. The molecule has 0 aromatic rings. The number of nitrogens with two attached hydrogens (primary N) is 1. The van der Waals surface area contributed by atoms with Crippen LogP contribution in [0.3, 0.4) is 0 Å². The highest BCUT2D eigenvalue weighted by atomic mass is 16.1. The topological polar surface area (TPSA) is 55.1 Å². The summed E-state index contributed by atoms with van der Waals surface area (Å²) in [6, 6.07) is 0.0662. The third-order valence-electron chi connectivity index (χ3n) is 3.80. The molecular formula is C15H30N2O. The normalized spacial score (nSPS) is 26.7. The highest BCUT2D eigenvalue weighted by Crippen LogP contribution is 2.28. The number of rotatable bonds is 4. The Balaban J connectivity index is 2.24. The lowest BCUT2D eigenvalue weighted by atomic mass is 9.82. The lowest BCUT2D eigenvalue weighted by molar-refractivity contribution is -0.126. The van der Waals surface area contributed by atoms with E-state index in [-0.39, 0.29) is 23.3 Å². The summed E-state index contributed by atoms with van der Waals surface area (Å²) >= 11 is 0. The van der Waals surface area contributed by atoms with Gasteiger partial charge < -0.3 is 11.1 Å². The van der Waals surface area contributed by atoms with Crippen molar-refractivity contribution in [1.29, 1.82) is 0 Å². The van der Waals surface area contributed by atoms with Crippen molar-refractivity contribution in [3.8, 4) is 0 Å². The first kappa shape index (κ1) is 15.5. The van der Waals surface area contributed by atoms with Crippen LogP contribution in [0.1, 0.15) is 59.8 Å². The van der Waals surface area contributed by atoms with Crippen LogP contribution >= 0.6 is 0 Å². The van der Waals surface area contributed by atoms with Gasteiger partial charge in [0.1, 0.15) is 0 Å². The Morgan fingerprint density at radius 2 is 1.83 bits per heavy atom. The third-order valence-corrected chi connectivity index (χ3v) is 3.80. The van der Waals surface area contributed by atoms with E-state index < -0.39 is 0 Å². The van der Waals surface area contributed by atoms with Crippen molar-refractivity contribution in [1.82, 2.24) is 5.32 Å². The second-order valence-electron chi connectivity index (χ2n) is 7.23. The molecule has 0 radical (unpaired) electrons. The fourth-order valence-electron chi connectivity index (χ4n) is 2.76. The van der Waals surface area contributed by atoms with Gasteiger partial charge in [-0.1, -0.05) is 27.7 Å². The van der Waals surface area contributed by atoms with E-state index in [4.69, 9.17) is 5.73 Å². The van der Waals surface area contributed by atoms with Crippen molar-refractivity contribution in [2.24, 2.45) is 23.0 Å². The van der Waals surface area contributed by atoms with Gasteiger partial charge in [0, 0.05) is 18.5 Å². The van der Waals surface area contributed by atoms with Crippen LogP contribution in [0.15, 0.2) is 0 Å². The molecule has 1 aliphatic carbocycles. The Morgan fingerprint density at radius 3 is 2.33 bits per heavy atom. The molecule has 1 aliphatic rings. The van der Waals surface area contributed by atoms with Crippen molar-refractivity contribution in [2.45, 2.75) is 65.8 Å². The Hall–Kier alpha value is -0.570. The zero-order valence-corrected chi connectivity index (χ0v) is 12.5.